The summed E-state index contributed by atoms with van der Waals surface area (Å²) in [7, 11) is 0. The number of aryl methyl sites for hydroxylation is 7. The van der Waals surface area contributed by atoms with Gasteiger partial charge in [0.1, 0.15) is 35.2 Å². The van der Waals surface area contributed by atoms with Gasteiger partial charge in [-0.05, 0) is 202 Å². The number of carbonyl (C=O) groups excluding carboxylic acids is 11. The fraction of sp³-hybridized carbons (Fsp3) is 0.495. The molecule has 8 aromatic rings. The first-order valence-electron chi connectivity index (χ1n) is 50.7. The lowest BCUT2D eigenvalue weighted by atomic mass is 9.99. The molecule has 0 radical (unpaired) electrons. The zero-order valence-electron chi connectivity index (χ0n) is 83.3. The summed E-state index contributed by atoms with van der Waals surface area (Å²) in [5.74, 6) is -2.28. The Balaban J connectivity index is 0.000000193. The number of amides is 11. The zero-order valence-corrected chi connectivity index (χ0v) is 83.3. The number of fused-ring (bicyclic) bond motifs is 6. The van der Waals surface area contributed by atoms with Crippen molar-refractivity contribution in [2.24, 2.45) is 5.73 Å². The summed E-state index contributed by atoms with van der Waals surface area (Å²) in [4.78, 5) is 161. The number of carbonyl (C=O) groups is 12. The number of ether oxygens (including phenoxy) is 12. The number of aromatic nitrogens is 4. The molecule has 11 amide bonds. The number of carboxylic acids is 1. The van der Waals surface area contributed by atoms with E-state index in [0.717, 1.165) is 137 Å². The average molecular weight is 2030 g/mol. The van der Waals surface area contributed by atoms with Crippen LogP contribution in [0.25, 0.3) is 22.5 Å². The number of piperidine rings is 2. The summed E-state index contributed by atoms with van der Waals surface area (Å²) in [5.41, 5.74) is 20.4. The van der Waals surface area contributed by atoms with Gasteiger partial charge in [-0.2, -0.15) is 0 Å². The van der Waals surface area contributed by atoms with Crippen LogP contribution in [0.15, 0.2) is 109 Å². The Kier molecular flexibility index (Phi) is 41.6. The Bertz CT molecular complexity index is 5920. The fourth-order valence-corrected chi connectivity index (χ4v) is 18.7. The third kappa shape index (κ3) is 30.0. The molecule has 8 heterocycles. The molecule has 0 saturated carbocycles. The SMILES string of the molecule is Cc1c(CO)cc(C(=O)N[C@@H]2CCc3ccc(-c4cn5c(n4)CCC5)cc32)cc1OCCCN.Cc1c(CO)cc(C(=O)N[C@@H]2CCc3ccc(-c4cn5c(n4)CCC5)cc32)cc1OCCCNC(=O)CCOCCOCCOCCOCCOCCCc1cccc2c1C(=O)N(C1CCC(=O)NC1=O)C2=O.O=C(O)CCOCCOCCOCCOCCOCCNc1cccc2c1C(=O)N(C1CCC(=O)NC1=O)C2=O. The van der Waals surface area contributed by atoms with Crippen molar-refractivity contribution in [1.29, 1.82) is 0 Å². The normalized spacial score (nSPS) is 16.8. The number of nitrogens with two attached hydrogens (primary N) is 1. The molecule has 2 saturated heterocycles. The van der Waals surface area contributed by atoms with Crippen molar-refractivity contribution in [2.75, 3.05) is 170 Å². The monoisotopic (exact) mass is 2030 g/mol. The van der Waals surface area contributed by atoms with Gasteiger partial charge < -0.3 is 108 Å². The maximum atomic E-state index is 13.6. The highest BCUT2D eigenvalue weighted by molar-refractivity contribution is 6.26. The van der Waals surface area contributed by atoms with Crippen LogP contribution in [0, 0.1) is 13.8 Å². The summed E-state index contributed by atoms with van der Waals surface area (Å²) in [6.45, 7) is 14.8. The van der Waals surface area contributed by atoms with Crippen LogP contribution in [0.3, 0.4) is 0 Å². The maximum absolute atomic E-state index is 13.6. The van der Waals surface area contributed by atoms with Gasteiger partial charge in [-0.25, -0.2) is 9.97 Å². The molecule has 2 aromatic heterocycles. The minimum atomic E-state index is -1.01. The summed E-state index contributed by atoms with van der Waals surface area (Å²) >= 11 is 0. The minimum Gasteiger partial charge on any atom is -0.493 e. The number of imidazole rings is 2. The van der Waals surface area contributed by atoms with Gasteiger partial charge in [0.05, 0.1) is 204 Å². The van der Waals surface area contributed by atoms with Gasteiger partial charge in [-0.15, -0.1) is 0 Å². The van der Waals surface area contributed by atoms with Crippen LogP contribution in [0.5, 0.6) is 11.5 Å². The quantitative estimate of drug-likeness (QED) is 0.0129. The highest BCUT2D eigenvalue weighted by Crippen LogP contribution is 2.40. The molecule has 0 spiro atoms. The number of nitrogens with zero attached hydrogens (tertiary/aromatic N) is 6. The number of rotatable bonds is 57. The van der Waals surface area contributed by atoms with Gasteiger partial charge in [0.15, 0.2) is 0 Å². The topological polar surface area (TPSA) is 517 Å². The van der Waals surface area contributed by atoms with Gasteiger partial charge >= 0.3 is 5.97 Å². The van der Waals surface area contributed by atoms with E-state index in [1.807, 2.05) is 13.8 Å². The lowest BCUT2D eigenvalue weighted by Crippen LogP contribution is -2.54. The highest BCUT2D eigenvalue weighted by Gasteiger charge is 2.48. The van der Waals surface area contributed by atoms with Gasteiger partial charge in [0, 0.05) is 105 Å². The number of imide groups is 4. The van der Waals surface area contributed by atoms with E-state index in [2.05, 4.69) is 89.8 Å². The Morgan fingerprint density at radius 1 is 0.442 bits per heavy atom. The summed E-state index contributed by atoms with van der Waals surface area (Å²) < 4.78 is 71.0. The molecule has 788 valence electrons. The first-order valence-corrected chi connectivity index (χ1v) is 50.7. The number of benzene rings is 6. The third-order valence-electron chi connectivity index (χ3n) is 26.5. The number of aliphatic carboxylic acids is 1. The van der Waals surface area contributed by atoms with Gasteiger partial charge in [0.2, 0.25) is 29.5 Å². The minimum absolute atomic E-state index is 0.0275. The lowest BCUT2D eigenvalue weighted by molar-refractivity contribution is -0.139. The van der Waals surface area contributed by atoms with Crippen molar-refractivity contribution in [3.63, 3.8) is 0 Å². The Morgan fingerprint density at radius 2 is 0.878 bits per heavy atom. The van der Waals surface area contributed by atoms with E-state index in [0.29, 0.717) is 222 Å². The smallest absolute Gasteiger partial charge is 0.305 e. The molecule has 8 aliphatic rings. The lowest BCUT2D eigenvalue weighted by Gasteiger charge is -2.27. The van der Waals surface area contributed by atoms with Crippen molar-refractivity contribution >= 4 is 76.6 Å². The molecule has 6 aromatic carbocycles. The van der Waals surface area contributed by atoms with Crippen LogP contribution >= 0.6 is 0 Å². The second kappa shape index (κ2) is 55.7. The van der Waals surface area contributed by atoms with Gasteiger partial charge in [-0.1, -0.05) is 42.5 Å². The second-order valence-electron chi connectivity index (χ2n) is 36.5. The van der Waals surface area contributed by atoms with E-state index in [4.69, 9.17) is 77.7 Å². The predicted molar refractivity (Wildman–Crippen MR) is 534 cm³/mol. The molecule has 4 atom stereocenters. The highest BCUT2D eigenvalue weighted by atomic mass is 16.6. The first kappa shape index (κ1) is 110. The van der Waals surface area contributed by atoms with E-state index in [1.54, 1.807) is 60.7 Å². The van der Waals surface area contributed by atoms with E-state index in [9.17, 15) is 67.7 Å². The van der Waals surface area contributed by atoms with Crippen LogP contribution in [-0.2, 0) is 135 Å². The molecule has 147 heavy (non-hydrogen) atoms. The summed E-state index contributed by atoms with van der Waals surface area (Å²) in [5, 5.41) is 45.2. The van der Waals surface area contributed by atoms with E-state index in [-0.39, 0.29) is 111 Å². The Morgan fingerprint density at radius 3 is 1.33 bits per heavy atom. The molecule has 0 bridgehead atoms. The van der Waals surface area contributed by atoms with Crippen LogP contribution in [0.2, 0.25) is 0 Å². The summed E-state index contributed by atoms with van der Waals surface area (Å²) in [6, 6.07) is 27.6. The Labute approximate surface area is 852 Å². The second-order valence-corrected chi connectivity index (χ2v) is 36.5. The maximum Gasteiger partial charge on any atom is 0.305 e. The van der Waals surface area contributed by atoms with Gasteiger partial charge in [0.25, 0.3) is 35.4 Å². The molecule has 6 aliphatic heterocycles. The van der Waals surface area contributed by atoms with Crippen LogP contribution < -0.4 is 47.1 Å². The fourth-order valence-electron chi connectivity index (χ4n) is 18.7. The van der Waals surface area contributed by atoms with Crippen LogP contribution in [-0.4, -0.2) is 292 Å². The molecule has 40 heteroatoms. The van der Waals surface area contributed by atoms with Crippen molar-refractivity contribution < 1.29 is 130 Å². The molecule has 2 unspecified atom stereocenters. The molecular weight excluding hydrogens is 1900 g/mol. The van der Waals surface area contributed by atoms with E-state index in [1.165, 1.54) is 11.1 Å². The number of aliphatic hydroxyl groups excluding tert-OH is 2. The van der Waals surface area contributed by atoms with Crippen molar-refractivity contribution in [1.82, 2.24) is 55.5 Å². The Hall–Kier alpha value is -12.9. The zero-order chi connectivity index (χ0) is 104. The van der Waals surface area contributed by atoms with Crippen molar-refractivity contribution in [3.05, 3.63) is 205 Å². The van der Waals surface area contributed by atoms with Crippen molar-refractivity contribution in [2.45, 2.75) is 180 Å². The predicted octanol–water partition coefficient (Wildman–Crippen LogP) is 7.61. The molecule has 11 N–H and O–H groups in total. The molecule has 16 rings (SSSR count). The number of aliphatic hydroxyl groups is 2. The summed E-state index contributed by atoms with van der Waals surface area (Å²) in [6.07, 6.45) is 15.0. The average Bonchev–Trinajstić information content (AvgIpc) is 1.60. The first-order chi connectivity index (χ1) is 71.6. The molecular formula is C107H133N13O27. The number of hydrogen-bond acceptors (Lipinski definition) is 30. The van der Waals surface area contributed by atoms with Gasteiger partial charge in [-0.3, -0.25) is 78.0 Å². The largest absolute Gasteiger partial charge is 0.493 e. The number of carboxylic acid groups (broad SMARTS) is 1. The van der Waals surface area contributed by atoms with Crippen LogP contribution in [0.4, 0.5) is 5.69 Å². The van der Waals surface area contributed by atoms with Crippen LogP contribution in [0.1, 0.15) is 219 Å². The van der Waals surface area contributed by atoms with E-state index >= 15 is 0 Å². The standard InChI is InChI=1S/C54H66N6O13.C27H32N4O3.C26H35N3O11/c1-35-40(34-61)30-39(51(64)57-43-13-12-36-10-11-38(31-42(36)43)44-33-59-18-3-9-47(59)56-44)32-46(35)73-20-5-17-55-48(62)16-21-69-23-25-71-27-29-72-28-26-70-24-22-68-19-4-7-37-6-2-8-41-50(37)54(67)60(53(41)66)45-14-15-49(63)58-52(45)65;1-17-21(16-32)12-20(14-25(17)34-11-3-9-28)27(33)30-23-8-7-18-5-6-19(13-22(18)23)24-15-31-10-2-4-26(31)29-24;30-21-5-4-20(24(33)28-21)29-25(34)18-2-1-3-19(23(18)26(29)35)27-7-9-37-11-13-39-15-17-40-16-14-38-12-10-36-8-6-22(31)32/h2,6,8,10-11,30-33,43,45,61H,3-5,7,9,12-29,34H2,1H3,(H,55,62)(H,57,64)(H,58,63,65);5-6,12-15,23,32H,2-4,7-11,16,28H2,1H3,(H,30,33);1-3,20,27H,4-17H2,(H,31,32)(H,28,30,33)/t43-,45?;23-;/m11./s1. The van der Waals surface area contributed by atoms with E-state index < -0.39 is 65.3 Å². The number of nitrogens with one attached hydrogen (secondary N) is 6. The number of hydrogen-bond donors (Lipinski definition) is 10. The van der Waals surface area contributed by atoms with Crippen molar-refractivity contribution in [3.8, 4) is 34.0 Å². The third-order valence-corrected chi connectivity index (χ3v) is 26.5. The molecule has 40 nitrogen and oxygen atoms in total. The number of anilines is 1. The molecule has 2 fully saturated rings. The molecule has 2 aliphatic carbocycles.